The zero-order valence-electron chi connectivity index (χ0n) is 20.1. The first-order valence-electron chi connectivity index (χ1n) is 11.4. The Labute approximate surface area is 201 Å². The Morgan fingerprint density at radius 2 is 1.47 bits per heavy atom. The van der Waals surface area contributed by atoms with Gasteiger partial charge < -0.3 is 29.7 Å². The molecule has 3 rings (SSSR count). The van der Waals surface area contributed by atoms with E-state index < -0.39 is 0 Å². The van der Waals surface area contributed by atoms with Crippen LogP contribution >= 0.6 is 0 Å². The number of hydrogen-bond donors (Lipinski definition) is 2. The number of carbonyl (C=O) groups excluding carboxylic acids is 2. The van der Waals surface area contributed by atoms with Crippen LogP contribution < -0.4 is 24.8 Å². The molecule has 2 amide bonds. The van der Waals surface area contributed by atoms with E-state index in [1.807, 2.05) is 30.3 Å². The van der Waals surface area contributed by atoms with Gasteiger partial charge >= 0.3 is 0 Å². The summed E-state index contributed by atoms with van der Waals surface area (Å²) in [7, 11) is 4.61. The summed E-state index contributed by atoms with van der Waals surface area (Å²) in [5, 5.41) is 5.87. The van der Waals surface area contributed by atoms with Gasteiger partial charge in [-0.2, -0.15) is 0 Å². The molecule has 9 nitrogen and oxygen atoms in total. The van der Waals surface area contributed by atoms with E-state index in [1.54, 1.807) is 12.1 Å². The fourth-order valence-corrected chi connectivity index (χ4v) is 3.86. The largest absolute Gasteiger partial charge is 0.493 e. The molecule has 0 unspecified atom stereocenters. The lowest BCUT2D eigenvalue weighted by molar-refractivity contribution is -0.122. The van der Waals surface area contributed by atoms with Crippen molar-refractivity contribution in [2.75, 3.05) is 65.9 Å². The third-order valence-corrected chi connectivity index (χ3v) is 5.77. The Morgan fingerprint density at radius 1 is 0.853 bits per heavy atom. The van der Waals surface area contributed by atoms with E-state index in [9.17, 15) is 9.59 Å². The summed E-state index contributed by atoms with van der Waals surface area (Å²) in [5.74, 6) is 1.40. The average Bonchev–Trinajstić information content (AvgIpc) is 2.87. The summed E-state index contributed by atoms with van der Waals surface area (Å²) in [6, 6.07) is 13.3. The Balaban J connectivity index is 1.38. The molecule has 0 aliphatic carbocycles. The van der Waals surface area contributed by atoms with Crippen LogP contribution in [0.25, 0.3) is 0 Å². The van der Waals surface area contributed by atoms with Crippen LogP contribution in [-0.4, -0.2) is 82.2 Å². The maximum atomic E-state index is 12.5. The third-order valence-electron chi connectivity index (χ3n) is 5.77. The van der Waals surface area contributed by atoms with Gasteiger partial charge in [0.05, 0.1) is 27.9 Å². The van der Waals surface area contributed by atoms with E-state index in [4.69, 9.17) is 14.2 Å². The average molecular weight is 471 g/mol. The standard InChI is InChI=1S/C25H34N4O5/c1-32-21-15-20(16-22(33-2)25(21)34-3)27-23(30)9-10-28-11-13-29(14-12-28)18-24(31)26-17-19-7-5-4-6-8-19/h4-8,15-16H,9-14,17-18H2,1-3H3,(H,26,31)(H,27,30). The topological polar surface area (TPSA) is 92.4 Å². The molecule has 1 aliphatic rings. The monoisotopic (exact) mass is 470 g/mol. The van der Waals surface area contributed by atoms with E-state index in [-0.39, 0.29) is 11.8 Å². The van der Waals surface area contributed by atoms with Crippen LogP contribution in [0.5, 0.6) is 17.2 Å². The molecule has 1 saturated heterocycles. The third kappa shape index (κ3) is 7.36. The zero-order valence-corrected chi connectivity index (χ0v) is 20.1. The van der Waals surface area contributed by atoms with Gasteiger partial charge in [-0.05, 0) is 5.56 Å². The van der Waals surface area contributed by atoms with Gasteiger partial charge in [0.2, 0.25) is 17.6 Å². The van der Waals surface area contributed by atoms with Crippen molar-refractivity contribution in [3.63, 3.8) is 0 Å². The second kappa shape index (κ2) is 12.8. The van der Waals surface area contributed by atoms with Crippen LogP contribution in [0.15, 0.2) is 42.5 Å². The van der Waals surface area contributed by atoms with Crippen LogP contribution in [0.2, 0.25) is 0 Å². The SMILES string of the molecule is COc1cc(NC(=O)CCN2CCN(CC(=O)NCc3ccccc3)CC2)cc(OC)c1OC. The number of methoxy groups -OCH3 is 3. The summed E-state index contributed by atoms with van der Waals surface area (Å²) in [4.78, 5) is 29.1. The Kier molecular flexibility index (Phi) is 9.54. The number of anilines is 1. The number of carbonyl (C=O) groups is 2. The van der Waals surface area contributed by atoms with Crippen molar-refractivity contribution < 1.29 is 23.8 Å². The van der Waals surface area contributed by atoms with Gasteiger partial charge in [-0.3, -0.25) is 14.5 Å². The lowest BCUT2D eigenvalue weighted by Crippen LogP contribution is -2.49. The molecule has 1 heterocycles. The summed E-state index contributed by atoms with van der Waals surface area (Å²) >= 11 is 0. The molecule has 0 radical (unpaired) electrons. The maximum absolute atomic E-state index is 12.5. The minimum atomic E-state index is -0.0861. The molecule has 1 aliphatic heterocycles. The minimum Gasteiger partial charge on any atom is -0.493 e. The van der Waals surface area contributed by atoms with Crippen LogP contribution in [-0.2, 0) is 16.1 Å². The van der Waals surface area contributed by atoms with Gasteiger partial charge in [0.25, 0.3) is 0 Å². The van der Waals surface area contributed by atoms with Crippen molar-refractivity contribution in [2.24, 2.45) is 0 Å². The molecular formula is C25H34N4O5. The van der Waals surface area contributed by atoms with E-state index in [0.717, 1.165) is 31.7 Å². The van der Waals surface area contributed by atoms with Gasteiger partial charge in [-0.1, -0.05) is 30.3 Å². The zero-order chi connectivity index (χ0) is 24.3. The summed E-state index contributed by atoms with van der Waals surface area (Å²) in [6.45, 7) is 4.83. The molecule has 0 aromatic heterocycles. The highest BCUT2D eigenvalue weighted by atomic mass is 16.5. The normalized spacial score (nSPS) is 14.3. The lowest BCUT2D eigenvalue weighted by Gasteiger charge is -2.34. The molecule has 0 atom stereocenters. The van der Waals surface area contributed by atoms with Gasteiger partial charge in [0.15, 0.2) is 11.5 Å². The van der Waals surface area contributed by atoms with Crippen molar-refractivity contribution in [3.05, 3.63) is 48.0 Å². The highest BCUT2D eigenvalue weighted by molar-refractivity contribution is 5.91. The van der Waals surface area contributed by atoms with Crippen LogP contribution in [0.1, 0.15) is 12.0 Å². The molecule has 34 heavy (non-hydrogen) atoms. The highest BCUT2D eigenvalue weighted by Crippen LogP contribution is 2.39. The van der Waals surface area contributed by atoms with E-state index >= 15 is 0 Å². The highest BCUT2D eigenvalue weighted by Gasteiger charge is 2.20. The van der Waals surface area contributed by atoms with Crippen molar-refractivity contribution in [3.8, 4) is 17.2 Å². The second-order valence-electron chi connectivity index (χ2n) is 8.09. The van der Waals surface area contributed by atoms with E-state index in [0.29, 0.717) is 49.0 Å². The number of piperazine rings is 1. The maximum Gasteiger partial charge on any atom is 0.234 e. The number of nitrogens with one attached hydrogen (secondary N) is 2. The Hall–Kier alpha value is -3.30. The smallest absolute Gasteiger partial charge is 0.234 e. The number of hydrogen-bond acceptors (Lipinski definition) is 7. The van der Waals surface area contributed by atoms with Gasteiger partial charge in [-0.15, -0.1) is 0 Å². The first-order chi connectivity index (χ1) is 16.5. The van der Waals surface area contributed by atoms with E-state index in [1.165, 1.54) is 21.3 Å². The van der Waals surface area contributed by atoms with Crippen LogP contribution in [0, 0.1) is 0 Å². The number of benzene rings is 2. The fraction of sp³-hybridized carbons (Fsp3) is 0.440. The fourth-order valence-electron chi connectivity index (χ4n) is 3.86. The first kappa shape index (κ1) is 25.3. The summed E-state index contributed by atoms with van der Waals surface area (Å²) < 4.78 is 16.0. The minimum absolute atomic E-state index is 0.0297. The molecule has 2 aromatic carbocycles. The predicted molar refractivity (Wildman–Crippen MR) is 131 cm³/mol. The lowest BCUT2D eigenvalue weighted by atomic mass is 10.2. The molecule has 184 valence electrons. The van der Waals surface area contributed by atoms with Crippen LogP contribution in [0.3, 0.4) is 0 Å². The van der Waals surface area contributed by atoms with Crippen LogP contribution in [0.4, 0.5) is 5.69 Å². The quantitative estimate of drug-likeness (QED) is 0.519. The molecule has 1 fully saturated rings. The van der Waals surface area contributed by atoms with Crippen molar-refractivity contribution in [2.45, 2.75) is 13.0 Å². The molecule has 9 heteroatoms. The number of amides is 2. The van der Waals surface area contributed by atoms with Crippen molar-refractivity contribution in [1.82, 2.24) is 15.1 Å². The second-order valence-corrected chi connectivity index (χ2v) is 8.09. The van der Waals surface area contributed by atoms with Gasteiger partial charge in [0, 0.05) is 63.5 Å². The molecule has 0 saturated carbocycles. The van der Waals surface area contributed by atoms with Crippen molar-refractivity contribution in [1.29, 1.82) is 0 Å². The molecule has 2 N–H and O–H groups in total. The predicted octanol–water partition coefficient (Wildman–Crippen LogP) is 1.98. The van der Waals surface area contributed by atoms with Gasteiger partial charge in [-0.25, -0.2) is 0 Å². The molecule has 2 aromatic rings. The number of rotatable bonds is 11. The summed E-state index contributed by atoms with van der Waals surface area (Å²) in [6.07, 6.45) is 0.369. The Morgan fingerprint density at radius 3 is 2.06 bits per heavy atom. The summed E-state index contributed by atoms with van der Waals surface area (Å²) in [5.41, 5.74) is 1.68. The number of ether oxygens (including phenoxy) is 3. The first-order valence-corrected chi connectivity index (χ1v) is 11.4. The molecule has 0 spiro atoms. The molecule has 0 bridgehead atoms. The number of nitrogens with zero attached hydrogens (tertiary/aromatic N) is 2. The van der Waals surface area contributed by atoms with Gasteiger partial charge in [0.1, 0.15) is 0 Å². The van der Waals surface area contributed by atoms with E-state index in [2.05, 4.69) is 20.4 Å². The van der Waals surface area contributed by atoms with Crippen molar-refractivity contribution >= 4 is 17.5 Å². The molecular weight excluding hydrogens is 436 g/mol. The Bertz CT molecular complexity index is 921.